The molecule has 0 bridgehead atoms. The summed E-state index contributed by atoms with van der Waals surface area (Å²) in [5, 5.41) is 9.71. The van der Waals surface area contributed by atoms with E-state index < -0.39 is 5.97 Å². The third-order valence-corrected chi connectivity index (χ3v) is 3.34. The summed E-state index contributed by atoms with van der Waals surface area (Å²) in [4.78, 5) is 11.5. The third-order valence-electron chi connectivity index (χ3n) is 2.18. The summed E-state index contributed by atoms with van der Waals surface area (Å²) in [5.41, 5.74) is 6.41. The van der Waals surface area contributed by atoms with E-state index in [1.807, 2.05) is 24.3 Å². The molecular formula is C11H11NO2S. The van der Waals surface area contributed by atoms with Crippen LogP contribution in [-0.4, -0.2) is 11.1 Å². The number of fused-ring (bicyclic) bond motifs is 1. The Morgan fingerprint density at radius 3 is 2.93 bits per heavy atom. The van der Waals surface area contributed by atoms with E-state index in [2.05, 4.69) is 0 Å². The van der Waals surface area contributed by atoms with E-state index in [4.69, 9.17) is 10.8 Å². The summed E-state index contributed by atoms with van der Waals surface area (Å²) in [6.07, 6.45) is 0.775. The van der Waals surface area contributed by atoms with Crippen LogP contribution in [-0.2, 0) is 11.2 Å². The van der Waals surface area contributed by atoms with Crippen molar-refractivity contribution in [3.63, 3.8) is 0 Å². The Kier molecular flexibility index (Phi) is 2.60. The molecule has 3 N–H and O–H groups in total. The molecule has 78 valence electrons. The molecule has 0 spiro atoms. The minimum Gasteiger partial charge on any atom is -0.481 e. The molecule has 1 aromatic heterocycles. The zero-order valence-electron chi connectivity index (χ0n) is 8.06. The minimum atomic E-state index is -0.757. The van der Waals surface area contributed by atoms with Crippen LogP contribution in [0.3, 0.4) is 0 Å². The largest absolute Gasteiger partial charge is 0.481 e. The highest BCUT2D eigenvalue weighted by molar-refractivity contribution is 7.19. The van der Waals surface area contributed by atoms with Crippen LogP contribution in [0.2, 0.25) is 0 Å². The normalized spacial score (nSPS) is 10.7. The van der Waals surface area contributed by atoms with Gasteiger partial charge in [0.2, 0.25) is 0 Å². The van der Waals surface area contributed by atoms with Crippen molar-refractivity contribution in [2.75, 3.05) is 5.73 Å². The Morgan fingerprint density at radius 1 is 1.40 bits per heavy atom. The van der Waals surface area contributed by atoms with Crippen LogP contribution in [0.5, 0.6) is 0 Å². The first-order valence-electron chi connectivity index (χ1n) is 4.65. The van der Waals surface area contributed by atoms with Gasteiger partial charge in [0.25, 0.3) is 0 Å². The molecule has 0 atom stereocenters. The van der Waals surface area contributed by atoms with Crippen LogP contribution in [0, 0.1) is 0 Å². The van der Waals surface area contributed by atoms with Gasteiger partial charge in [0.15, 0.2) is 0 Å². The monoisotopic (exact) mass is 221 g/mol. The van der Waals surface area contributed by atoms with Crippen molar-refractivity contribution in [3.8, 4) is 0 Å². The molecule has 4 heteroatoms. The van der Waals surface area contributed by atoms with Crippen molar-refractivity contribution in [2.45, 2.75) is 12.8 Å². The molecule has 0 amide bonds. The average Bonchev–Trinajstić information content (AvgIpc) is 2.56. The first kappa shape index (κ1) is 9.98. The smallest absolute Gasteiger partial charge is 0.303 e. The third kappa shape index (κ3) is 2.27. The van der Waals surface area contributed by atoms with E-state index in [0.717, 1.165) is 20.7 Å². The Labute approximate surface area is 91.1 Å². The Hall–Kier alpha value is -1.55. The first-order valence-corrected chi connectivity index (χ1v) is 5.46. The number of carbonyl (C=O) groups is 1. The number of nitrogens with two attached hydrogens (primary N) is 1. The maximum absolute atomic E-state index is 10.4. The highest BCUT2D eigenvalue weighted by Gasteiger charge is 2.04. The van der Waals surface area contributed by atoms with Crippen LogP contribution in [0.1, 0.15) is 11.3 Å². The number of anilines is 1. The molecule has 3 nitrogen and oxygen atoms in total. The maximum atomic E-state index is 10.4. The van der Waals surface area contributed by atoms with Gasteiger partial charge in [-0.25, -0.2) is 0 Å². The second kappa shape index (κ2) is 3.90. The lowest BCUT2D eigenvalue weighted by Crippen LogP contribution is -1.95. The van der Waals surface area contributed by atoms with Gasteiger partial charge in [-0.1, -0.05) is 6.07 Å². The quantitative estimate of drug-likeness (QED) is 0.783. The molecule has 1 aromatic carbocycles. The van der Waals surface area contributed by atoms with Gasteiger partial charge in [0.1, 0.15) is 0 Å². The van der Waals surface area contributed by atoms with Gasteiger partial charge >= 0.3 is 5.97 Å². The second-order valence-electron chi connectivity index (χ2n) is 3.40. The van der Waals surface area contributed by atoms with Gasteiger partial charge in [0.05, 0.1) is 6.42 Å². The SMILES string of the molecule is Nc1ccc2cc(CCC(=O)O)sc2c1. The molecular weight excluding hydrogens is 210 g/mol. The van der Waals surface area contributed by atoms with Gasteiger partial charge in [-0.3, -0.25) is 4.79 Å². The number of carboxylic acid groups (broad SMARTS) is 1. The van der Waals surface area contributed by atoms with Crippen LogP contribution < -0.4 is 5.73 Å². The van der Waals surface area contributed by atoms with E-state index in [9.17, 15) is 4.79 Å². The summed E-state index contributed by atoms with van der Waals surface area (Å²) < 4.78 is 1.12. The van der Waals surface area contributed by atoms with E-state index in [0.29, 0.717) is 6.42 Å². The number of thiophene rings is 1. The number of rotatable bonds is 3. The highest BCUT2D eigenvalue weighted by Crippen LogP contribution is 2.28. The molecule has 0 saturated heterocycles. The number of carboxylic acids is 1. The van der Waals surface area contributed by atoms with Gasteiger partial charge in [-0.15, -0.1) is 11.3 Å². The van der Waals surface area contributed by atoms with Crippen LogP contribution in [0.4, 0.5) is 5.69 Å². The number of aliphatic carboxylic acids is 1. The maximum Gasteiger partial charge on any atom is 0.303 e. The molecule has 2 aromatic rings. The summed E-state index contributed by atoms with van der Waals surface area (Å²) in [6, 6.07) is 7.77. The molecule has 0 radical (unpaired) electrons. The van der Waals surface area contributed by atoms with E-state index in [1.54, 1.807) is 11.3 Å². The van der Waals surface area contributed by atoms with Gasteiger partial charge in [-0.2, -0.15) is 0 Å². The zero-order valence-corrected chi connectivity index (χ0v) is 8.88. The standard InChI is InChI=1S/C11H11NO2S/c12-8-2-1-7-5-9(3-4-11(13)14)15-10(7)6-8/h1-2,5-6H,3-4,12H2,(H,13,14). The fraction of sp³-hybridized carbons (Fsp3) is 0.182. The molecule has 1 heterocycles. The van der Waals surface area contributed by atoms with Gasteiger partial charge in [0, 0.05) is 15.3 Å². The molecule has 0 unspecified atom stereocenters. The number of aryl methyl sites for hydroxylation is 1. The van der Waals surface area contributed by atoms with Gasteiger partial charge < -0.3 is 10.8 Å². The zero-order chi connectivity index (χ0) is 10.8. The molecule has 0 saturated carbocycles. The Morgan fingerprint density at radius 2 is 2.20 bits per heavy atom. The Bertz CT molecular complexity index is 504. The van der Waals surface area contributed by atoms with E-state index >= 15 is 0 Å². The Balaban J connectivity index is 2.27. The molecule has 0 aliphatic carbocycles. The summed E-state index contributed by atoms with van der Waals surface area (Å²) in [5.74, 6) is -0.757. The molecule has 15 heavy (non-hydrogen) atoms. The number of hydrogen-bond acceptors (Lipinski definition) is 3. The molecule has 0 aliphatic rings. The van der Waals surface area contributed by atoms with Crippen molar-refractivity contribution in [2.24, 2.45) is 0 Å². The highest BCUT2D eigenvalue weighted by atomic mass is 32.1. The lowest BCUT2D eigenvalue weighted by atomic mass is 10.2. The predicted octanol–water partition coefficient (Wildman–Crippen LogP) is 2.50. The van der Waals surface area contributed by atoms with Gasteiger partial charge in [-0.05, 0) is 30.0 Å². The number of benzene rings is 1. The van der Waals surface area contributed by atoms with Crippen molar-refractivity contribution in [1.29, 1.82) is 0 Å². The summed E-state index contributed by atoms with van der Waals surface area (Å²) in [6.45, 7) is 0. The van der Waals surface area contributed by atoms with Crippen LogP contribution >= 0.6 is 11.3 Å². The van der Waals surface area contributed by atoms with Crippen molar-refractivity contribution >= 4 is 33.1 Å². The average molecular weight is 221 g/mol. The topological polar surface area (TPSA) is 63.3 Å². The van der Waals surface area contributed by atoms with E-state index in [-0.39, 0.29) is 6.42 Å². The fourth-order valence-corrected chi connectivity index (χ4v) is 2.57. The predicted molar refractivity (Wildman–Crippen MR) is 62.2 cm³/mol. The fourth-order valence-electron chi connectivity index (χ4n) is 1.46. The summed E-state index contributed by atoms with van der Waals surface area (Å²) in [7, 11) is 0. The minimum absolute atomic E-state index is 0.183. The van der Waals surface area contributed by atoms with Crippen molar-refractivity contribution in [3.05, 3.63) is 29.1 Å². The lowest BCUT2D eigenvalue weighted by Gasteiger charge is -1.90. The number of nitrogen functional groups attached to an aromatic ring is 1. The molecule has 2 rings (SSSR count). The first-order chi connectivity index (χ1) is 7.15. The lowest BCUT2D eigenvalue weighted by molar-refractivity contribution is -0.136. The van der Waals surface area contributed by atoms with Crippen LogP contribution in [0.15, 0.2) is 24.3 Å². The number of hydrogen-bond donors (Lipinski definition) is 2. The molecule has 0 aliphatic heterocycles. The molecule has 0 fully saturated rings. The summed E-state index contributed by atoms with van der Waals surface area (Å²) >= 11 is 1.61. The second-order valence-corrected chi connectivity index (χ2v) is 4.57. The van der Waals surface area contributed by atoms with Crippen molar-refractivity contribution < 1.29 is 9.90 Å². The van der Waals surface area contributed by atoms with Crippen LogP contribution in [0.25, 0.3) is 10.1 Å². The van der Waals surface area contributed by atoms with E-state index in [1.165, 1.54) is 0 Å². The van der Waals surface area contributed by atoms with Crippen molar-refractivity contribution in [1.82, 2.24) is 0 Å².